The fourth-order valence-corrected chi connectivity index (χ4v) is 8.77. The highest BCUT2D eigenvalue weighted by molar-refractivity contribution is 6.13. The second-order valence-electron chi connectivity index (χ2n) is 13.9. The van der Waals surface area contributed by atoms with E-state index in [1.54, 1.807) is 12.4 Å². The van der Waals surface area contributed by atoms with E-state index in [1.807, 2.05) is 18.2 Å². The number of hydrogen-bond donors (Lipinski definition) is 3. The van der Waals surface area contributed by atoms with E-state index in [4.69, 9.17) is 19.7 Å². The quantitative estimate of drug-likeness (QED) is 0.233. The first-order chi connectivity index (χ1) is 23.4. The molecular weight excluding hydrogens is 616 g/mol. The van der Waals surface area contributed by atoms with E-state index in [1.165, 1.54) is 0 Å². The molecule has 5 aromatic rings. The van der Waals surface area contributed by atoms with Crippen LogP contribution in [0.4, 0.5) is 19.4 Å². The van der Waals surface area contributed by atoms with Crippen LogP contribution in [-0.4, -0.2) is 92.7 Å². The molecule has 4 aliphatic rings. The number of anilines is 1. The van der Waals surface area contributed by atoms with Crippen LogP contribution in [0.1, 0.15) is 44.6 Å². The lowest BCUT2D eigenvalue weighted by Crippen LogP contribution is -2.56. The lowest BCUT2D eigenvalue weighted by atomic mass is 9.90. The zero-order chi connectivity index (χ0) is 32.6. The summed E-state index contributed by atoms with van der Waals surface area (Å²) in [5.41, 5.74) is 1.92. The molecule has 48 heavy (non-hydrogen) atoms. The molecule has 9 rings (SSSR count). The Morgan fingerprint density at radius 2 is 2.02 bits per heavy atom. The molecule has 0 saturated carbocycles. The van der Waals surface area contributed by atoms with Gasteiger partial charge in [-0.05, 0) is 61.1 Å². The lowest BCUT2D eigenvalue weighted by molar-refractivity contribution is 0.107. The van der Waals surface area contributed by atoms with Crippen LogP contribution in [0.2, 0.25) is 0 Å². The number of benzene rings is 2. The molecule has 2 amide bonds. The molecule has 1 spiro atoms. The Balaban J connectivity index is 1.21. The maximum Gasteiger partial charge on any atom is 0.319 e. The number of aryl methyl sites for hydroxylation is 1. The van der Waals surface area contributed by atoms with Crippen molar-refractivity contribution in [3.05, 3.63) is 48.0 Å². The van der Waals surface area contributed by atoms with Crippen LogP contribution in [0.15, 0.2) is 36.7 Å². The molecule has 1 unspecified atom stereocenters. The van der Waals surface area contributed by atoms with Gasteiger partial charge in [0.2, 0.25) is 0 Å². The first-order valence-electron chi connectivity index (χ1n) is 16.9. The van der Waals surface area contributed by atoms with Crippen LogP contribution in [0.5, 0.6) is 6.01 Å². The molecule has 248 valence electrons. The number of carbonyl (C=O) groups is 1. The Hall–Kier alpha value is -4.65. The van der Waals surface area contributed by atoms with Gasteiger partial charge >= 0.3 is 12.0 Å². The molecule has 13 heteroatoms. The minimum atomic E-state index is -0.902. The third kappa shape index (κ3) is 4.57. The molecule has 0 aliphatic carbocycles. The fourth-order valence-electron chi connectivity index (χ4n) is 8.77. The van der Waals surface area contributed by atoms with Gasteiger partial charge < -0.3 is 20.3 Å². The minimum Gasteiger partial charge on any atom is -0.461 e. The van der Waals surface area contributed by atoms with Gasteiger partial charge in [0.15, 0.2) is 5.82 Å². The molecule has 11 nitrogen and oxygen atoms in total. The third-order valence-electron chi connectivity index (χ3n) is 11.0. The summed E-state index contributed by atoms with van der Waals surface area (Å²) < 4.78 is 38.2. The zero-order valence-corrected chi connectivity index (χ0v) is 26.8. The number of urea groups is 1. The molecule has 7 heterocycles. The summed E-state index contributed by atoms with van der Waals surface area (Å²) in [4.78, 5) is 30.8. The van der Waals surface area contributed by atoms with Gasteiger partial charge in [-0.3, -0.25) is 15.0 Å². The number of H-pyrrole nitrogens is 1. The number of halogens is 2. The van der Waals surface area contributed by atoms with Crippen LogP contribution in [0.3, 0.4) is 0 Å². The van der Waals surface area contributed by atoms with Crippen LogP contribution in [0.25, 0.3) is 43.8 Å². The van der Waals surface area contributed by atoms with Gasteiger partial charge in [-0.25, -0.2) is 13.6 Å². The first kappa shape index (κ1) is 29.5. The zero-order valence-electron chi connectivity index (χ0n) is 26.8. The topological polar surface area (TPSA) is 124 Å². The van der Waals surface area contributed by atoms with Crippen molar-refractivity contribution < 1.29 is 18.3 Å². The molecular formula is C35H37F2N9O2. The van der Waals surface area contributed by atoms with Gasteiger partial charge in [0.05, 0.1) is 28.2 Å². The maximum atomic E-state index is 17.2. The highest BCUT2D eigenvalue weighted by atomic mass is 19.1. The monoisotopic (exact) mass is 653 g/mol. The van der Waals surface area contributed by atoms with E-state index in [9.17, 15) is 9.18 Å². The number of hydrogen-bond acceptors (Lipinski definition) is 8. The van der Waals surface area contributed by atoms with Gasteiger partial charge in [-0.15, -0.1) is 0 Å². The van der Waals surface area contributed by atoms with Crippen molar-refractivity contribution in [3.63, 3.8) is 0 Å². The molecule has 3 N–H and O–H groups in total. The van der Waals surface area contributed by atoms with Crippen LogP contribution in [0, 0.1) is 5.82 Å². The largest absolute Gasteiger partial charge is 0.461 e. The van der Waals surface area contributed by atoms with E-state index in [0.29, 0.717) is 49.4 Å². The third-order valence-corrected chi connectivity index (χ3v) is 11.0. The van der Waals surface area contributed by atoms with E-state index in [0.717, 1.165) is 65.9 Å². The number of aromatic amines is 1. The number of nitrogens with one attached hydrogen (secondary N) is 3. The summed E-state index contributed by atoms with van der Waals surface area (Å²) in [6.45, 7) is 5.18. The van der Waals surface area contributed by atoms with Crippen molar-refractivity contribution >= 4 is 44.4 Å². The Morgan fingerprint density at radius 3 is 2.88 bits per heavy atom. The maximum absolute atomic E-state index is 17.2. The van der Waals surface area contributed by atoms with E-state index in [2.05, 4.69) is 43.6 Å². The average Bonchev–Trinajstić information content (AvgIpc) is 3.86. The van der Waals surface area contributed by atoms with Crippen molar-refractivity contribution in [1.82, 2.24) is 40.7 Å². The van der Waals surface area contributed by atoms with Gasteiger partial charge in [0.1, 0.15) is 29.8 Å². The summed E-state index contributed by atoms with van der Waals surface area (Å²) in [7, 11) is 0. The molecule has 2 aromatic carbocycles. The van der Waals surface area contributed by atoms with Crippen molar-refractivity contribution in [2.45, 2.75) is 62.7 Å². The predicted molar refractivity (Wildman–Crippen MR) is 179 cm³/mol. The smallest absolute Gasteiger partial charge is 0.319 e. The number of carbonyl (C=O) groups excluding carboxylic acids is 1. The van der Waals surface area contributed by atoms with Crippen molar-refractivity contribution in [1.29, 1.82) is 0 Å². The molecule has 3 aromatic heterocycles. The molecule has 4 fully saturated rings. The van der Waals surface area contributed by atoms with Crippen molar-refractivity contribution in [2.24, 2.45) is 0 Å². The second-order valence-corrected chi connectivity index (χ2v) is 13.9. The van der Waals surface area contributed by atoms with Crippen molar-refractivity contribution in [2.75, 3.05) is 44.2 Å². The number of aromatic nitrogens is 5. The summed E-state index contributed by atoms with van der Waals surface area (Å²) in [6.07, 6.45) is 7.06. The minimum absolute atomic E-state index is 0.0471. The number of ether oxygens (including phenoxy) is 1. The SMILES string of the molecule is CCc1cccc2cc3[nH]ncc3c(-c3ncc4c(N5CCCC6(CNC(=O)N6)C5)nc(OC[C@@]56CCCN5C[C@H](F)C6)nc4c3F)c12. The van der Waals surface area contributed by atoms with Crippen LogP contribution >= 0.6 is 0 Å². The number of rotatable bonds is 6. The Kier molecular flexibility index (Phi) is 6.72. The molecule has 0 bridgehead atoms. The normalized spacial score (nSPS) is 25.8. The fraction of sp³-hybridized carbons (Fsp3) is 0.457. The van der Waals surface area contributed by atoms with E-state index >= 15 is 4.39 Å². The summed E-state index contributed by atoms with van der Waals surface area (Å²) in [5, 5.41) is 16.5. The Labute approximate surface area is 275 Å². The molecule has 0 radical (unpaired) electrons. The standard InChI is InChI=1S/C35H37F2N9O2/c1-2-20-6-3-7-21-12-25-23(15-40-44-25)27(26(20)21)30-28(37)29-24(14-38-30)31(45-10-4-8-34(18-45)17-39-32(47)43-34)42-33(41-29)48-19-35-9-5-11-46(35)16-22(36)13-35/h3,6-7,12,14-15,22H,2,4-5,8-11,13,16-19H2,1H3,(H,40,44)(H2,39,43,47)/t22-,34?,35+/m1/s1. The summed E-state index contributed by atoms with van der Waals surface area (Å²) in [5.74, 6) is -0.0702. The number of amides is 2. The molecule has 4 saturated heterocycles. The first-order valence-corrected chi connectivity index (χ1v) is 16.9. The van der Waals surface area contributed by atoms with Gasteiger partial charge in [0, 0.05) is 49.7 Å². The highest BCUT2D eigenvalue weighted by Gasteiger charge is 2.49. The van der Waals surface area contributed by atoms with Gasteiger partial charge in [-0.2, -0.15) is 15.1 Å². The predicted octanol–water partition coefficient (Wildman–Crippen LogP) is 5.03. The summed E-state index contributed by atoms with van der Waals surface area (Å²) in [6, 6.07) is 7.97. The van der Waals surface area contributed by atoms with Crippen LogP contribution < -0.4 is 20.3 Å². The van der Waals surface area contributed by atoms with E-state index < -0.39 is 23.1 Å². The number of pyridine rings is 1. The van der Waals surface area contributed by atoms with Gasteiger partial charge in [0.25, 0.3) is 0 Å². The Morgan fingerprint density at radius 1 is 1.12 bits per heavy atom. The number of piperidine rings is 1. The van der Waals surface area contributed by atoms with Crippen molar-refractivity contribution in [3.8, 4) is 17.3 Å². The Bertz CT molecular complexity index is 2110. The second kappa shape index (κ2) is 10.9. The van der Waals surface area contributed by atoms with Gasteiger partial charge in [-0.1, -0.05) is 25.1 Å². The summed E-state index contributed by atoms with van der Waals surface area (Å²) >= 11 is 0. The van der Waals surface area contributed by atoms with Crippen LogP contribution in [-0.2, 0) is 6.42 Å². The molecule has 3 atom stereocenters. The molecule has 4 aliphatic heterocycles. The lowest BCUT2D eigenvalue weighted by Gasteiger charge is -2.40. The average molecular weight is 654 g/mol. The number of alkyl halides is 1. The van der Waals surface area contributed by atoms with E-state index in [-0.39, 0.29) is 29.9 Å². The number of fused-ring (bicyclic) bond motifs is 4. The highest BCUT2D eigenvalue weighted by Crippen LogP contribution is 2.43. The number of nitrogens with zero attached hydrogens (tertiary/aromatic N) is 6.